The molecule has 14 heavy (non-hydrogen) atoms. The molecule has 2 fully saturated rings. The number of nitrogens with zero attached hydrogens (tertiary/aromatic N) is 1. The Hall–Kier alpha value is -0.120. The third kappa shape index (κ3) is 1.81. The van der Waals surface area contributed by atoms with Gasteiger partial charge in [-0.3, -0.25) is 4.90 Å². The zero-order valence-electron chi connectivity index (χ0n) is 9.33. The zero-order chi connectivity index (χ0) is 9.97. The van der Waals surface area contributed by atoms with E-state index in [9.17, 15) is 0 Å². The molecule has 0 bridgehead atoms. The van der Waals surface area contributed by atoms with Gasteiger partial charge in [-0.1, -0.05) is 13.8 Å². The summed E-state index contributed by atoms with van der Waals surface area (Å²) in [6.07, 6.45) is 2.98. The lowest BCUT2D eigenvalue weighted by atomic mass is 10.0. The van der Waals surface area contributed by atoms with Crippen molar-refractivity contribution >= 4 is 0 Å². The summed E-state index contributed by atoms with van der Waals surface area (Å²) in [4.78, 5) is 2.66. The van der Waals surface area contributed by atoms with Gasteiger partial charge in [0.25, 0.3) is 0 Å². The first-order valence-electron chi connectivity index (χ1n) is 5.94. The third-order valence-electron chi connectivity index (χ3n) is 3.65. The summed E-state index contributed by atoms with van der Waals surface area (Å²) in [7, 11) is 0. The van der Waals surface area contributed by atoms with Crippen molar-refractivity contribution in [3.63, 3.8) is 0 Å². The van der Waals surface area contributed by atoms with Crippen LogP contribution in [0, 0.1) is 0 Å². The minimum Gasteiger partial charge on any atom is -0.374 e. The molecule has 0 radical (unpaired) electrons. The van der Waals surface area contributed by atoms with Gasteiger partial charge in [0.1, 0.15) is 0 Å². The first-order chi connectivity index (χ1) is 6.86. The number of rotatable bonds is 3. The van der Waals surface area contributed by atoms with Crippen LogP contribution < -0.4 is 5.32 Å². The summed E-state index contributed by atoms with van der Waals surface area (Å²) < 4.78 is 5.77. The van der Waals surface area contributed by atoms with Crippen molar-refractivity contribution in [1.82, 2.24) is 10.2 Å². The molecule has 0 saturated carbocycles. The lowest BCUT2D eigenvalue weighted by molar-refractivity contribution is -0.0643. The van der Waals surface area contributed by atoms with E-state index in [1.807, 2.05) is 0 Å². The molecule has 0 unspecified atom stereocenters. The molecule has 3 heteroatoms. The van der Waals surface area contributed by atoms with Gasteiger partial charge in [-0.05, 0) is 12.8 Å². The fourth-order valence-electron chi connectivity index (χ4n) is 2.83. The minimum absolute atomic E-state index is 0.448. The Kier molecular flexibility index (Phi) is 3.42. The second-order valence-corrected chi connectivity index (χ2v) is 4.34. The number of hydrogen-bond acceptors (Lipinski definition) is 3. The average Bonchev–Trinajstić information content (AvgIpc) is 2.68. The highest BCUT2D eigenvalue weighted by molar-refractivity contribution is 4.94. The van der Waals surface area contributed by atoms with Crippen molar-refractivity contribution in [2.24, 2.45) is 0 Å². The summed E-state index contributed by atoms with van der Waals surface area (Å²) >= 11 is 0. The Morgan fingerprint density at radius 2 is 2.14 bits per heavy atom. The first kappa shape index (κ1) is 10.4. The average molecular weight is 198 g/mol. The Morgan fingerprint density at radius 1 is 1.36 bits per heavy atom. The van der Waals surface area contributed by atoms with Gasteiger partial charge in [-0.25, -0.2) is 0 Å². The van der Waals surface area contributed by atoms with E-state index in [0.717, 1.165) is 32.3 Å². The zero-order valence-corrected chi connectivity index (χ0v) is 9.33. The highest BCUT2D eigenvalue weighted by Crippen LogP contribution is 2.22. The quantitative estimate of drug-likeness (QED) is 0.727. The summed E-state index contributed by atoms with van der Waals surface area (Å²) in [6, 6.07) is 1.39. The molecular formula is C11H22N2O. The predicted octanol–water partition coefficient (Wildman–Crippen LogP) is 0.848. The molecule has 2 aliphatic heterocycles. The first-order valence-corrected chi connectivity index (χ1v) is 5.94. The van der Waals surface area contributed by atoms with Crippen molar-refractivity contribution in [3.05, 3.63) is 0 Å². The smallest absolute Gasteiger partial charge is 0.0867 e. The van der Waals surface area contributed by atoms with E-state index in [-0.39, 0.29) is 0 Å². The van der Waals surface area contributed by atoms with E-state index in [4.69, 9.17) is 4.74 Å². The van der Waals surface area contributed by atoms with Gasteiger partial charge in [0.15, 0.2) is 0 Å². The number of fused-ring (bicyclic) bond motifs is 1. The van der Waals surface area contributed by atoms with Crippen molar-refractivity contribution < 1.29 is 4.74 Å². The topological polar surface area (TPSA) is 24.5 Å². The largest absolute Gasteiger partial charge is 0.374 e. The van der Waals surface area contributed by atoms with Gasteiger partial charge in [0.05, 0.1) is 12.7 Å². The van der Waals surface area contributed by atoms with Crippen LogP contribution in [0.25, 0.3) is 0 Å². The maximum Gasteiger partial charge on any atom is 0.0867 e. The minimum atomic E-state index is 0.448. The van der Waals surface area contributed by atoms with E-state index in [0.29, 0.717) is 12.1 Å². The number of ether oxygens (including phenoxy) is 1. The maximum atomic E-state index is 5.77. The summed E-state index contributed by atoms with van der Waals surface area (Å²) in [5.41, 5.74) is 0. The second-order valence-electron chi connectivity index (χ2n) is 4.34. The molecule has 82 valence electrons. The molecule has 0 aromatic rings. The number of nitrogens with one attached hydrogen (secondary N) is 1. The van der Waals surface area contributed by atoms with Crippen LogP contribution in [-0.2, 0) is 4.74 Å². The lowest BCUT2D eigenvalue weighted by Crippen LogP contribution is -2.54. The van der Waals surface area contributed by atoms with Crippen LogP contribution in [0.3, 0.4) is 0 Å². The fourth-order valence-corrected chi connectivity index (χ4v) is 2.83. The van der Waals surface area contributed by atoms with E-state index in [1.54, 1.807) is 0 Å². The molecule has 2 saturated heterocycles. The molecule has 2 rings (SSSR count). The van der Waals surface area contributed by atoms with Crippen LogP contribution in [0.15, 0.2) is 0 Å². The Morgan fingerprint density at radius 3 is 2.86 bits per heavy atom. The molecule has 2 atom stereocenters. The van der Waals surface area contributed by atoms with Gasteiger partial charge in [0, 0.05) is 31.7 Å². The Bertz CT molecular complexity index is 182. The highest BCUT2D eigenvalue weighted by atomic mass is 16.5. The summed E-state index contributed by atoms with van der Waals surface area (Å²) in [5, 5.41) is 3.43. The van der Waals surface area contributed by atoms with E-state index >= 15 is 0 Å². The van der Waals surface area contributed by atoms with Gasteiger partial charge < -0.3 is 10.1 Å². The molecule has 2 heterocycles. The van der Waals surface area contributed by atoms with Crippen molar-refractivity contribution in [2.75, 3.05) is 26.2 Å². The highest BCUT2D eigenvalue weighted by Gasteiger charge is 2.37. The van der Waals surface area contributed by atoms with Gasteiger partial charge in [-0.15, -0.1) is 0 Å². The molecule has 3 nitrogen and oxygen atoms in total. The molecule has 0 aliphatic carbocycles. The standard InChI is InChI=1S/C11H22N2O/c1-3-9(4-2)13-5-6-14-11-8-12-7-10(11)13/h9-12H,3-8H2,1-2H3/t10-,11+/m1/s1. The monoisotopic (exact) mass is 198 g/mol. The van der Waals surface area contributed by atoms with Crippen molar-refractivity contribution in [3.8, 4) is 0 Å². The van der Waals surface area contributed by atoms with E-state index in [2.05, 4.69) is 24.1 Å². The summed E-state index contributed by atoms with van der Waals surface area (Å²) in [6.45, 7) is 8.78. The van der Waals surface area contributed by atoms with Crippen LogP contribution in [-0.4, -0.2) is 49.3 Å². The Labute approximate surface area is 86.8 Å². The molecule has 0 spiro atoms. The Balaban J connectivity index is 2.01. The van der Waals surface area contributed by atoms with Crippen molar-refractivity contribution in [1.29, 1.82) is 0 Å². The lowest BCUT2D eigenvalue weighted by Gasteiger charge is -2.41. The molecule has 0 aromatic heterocycles. The van der Waals surface area contributed by atoms with E-state index < -0.39 is 0 Å². The fraction of sp³-hybridized carbons (Fsp3) is 1.00. The SMILES string of the molecule is CCC(CC)N1CCO[C@H]2CNC[C@H]21. The van der Waals surface area contributed by atoms with Crippen LogP contribution in [0.1, 0.15) is 26.7 Å². The molecular weight excluding hydrogens is 176 g/mol. The van der Waals surface area contributed by atoms with Crippen molar-refractivity contribution in [2.45, 2.75) is 44.9 Å². The normalized spacial score (nSPS) is 33.6. The molecule has 0 amide bonds. The van der Waals surface area contributed by atoms with Crippen LogP contribution >= 0.6 is 0 Å². The van der Waals surface area contributed by atoms with Crippen LogP contribution in [0.4, 0.5) is 0 Å². The maximum absolute atomic E-state index is 5.77. The third-order valence-corrected chi connectivity index (χ3v) is 3.65. The predicted molar refractivity (Wildman–Crippen MR) is 57.5 cm³/mol. The number of hydrogen-bond donors (Lipinski definition) is 1. The molecule has 2 aliphatic rings. The molecule has 1 N–H and O–H groups in total. The van der Waals surface area contributed by atoms with Gasteiger partial charge >= 0.3 is 0 Å². The molecule has 0 aromatic carbocycles. The summed E-state index contributed by atoms with van der Waals surface area (Å²) in [5.74, 6) is 0. The van der Waals surface area contributed by atoms with E-state index in [1.165, 1.54) is 12.8 Å². The number of morpholine rings is 1. The van der Waals surface area contributed by atoms with Gasteiger partial charge in [-0.2, -0.15) is 0 Å². The second kappa shape index (κ2) is 4.60. The van der Waals surface area contributed by atoms with Crippen LogP contribution in [0.2, 0.25) is 0 Å². The van der Waals surface area contributed by atoms with Gasteiger partial charge in [0.2, 0.25) is 0 Å². The van der Waals surface area contributed by atoms with Crippen LogP contribution in [0.5, 0.6) is 0 Å².